The molecule has 0 unspecified atom stereocenters. The van der Waals surface area contributed by atoms with Gasteiger partial charge in [0.25, 0.3) is 0 Å². The number of carboxylic acids is 1. The molecule has 1 aromatic carbocycles. The number of aliphatic carboxylic acids is 1. The minimum absolute atomic E-state index is 0.0498. The van der Waals surface area contributed by atoms with Crippen molar-refractivity contribution in [3.8, 4) is 0 Å². The van der Waals surface area contributed by atoms with Gasteiger partial charge in [0, 0.05) is 0 Å². The van der Waals surface area contributed by atoms with Crippen LogP contribution in [-0.2, 0) is 14.8 Å². The van der Waals surface area contributed by atoms with Crippen LogP contribution in [0.4, 0.5) is 0 Å². The van der Waals surface area contributed by atoms with Gasteiger partial charge in [0.2, 0.25) is 10.0 Å². The number of sulfonamides is 1. The molecule has 0 amide bonds. The summed E-state index contributed by atoms with van der Waals surface area (Å²) in [5.41, 5.74) is 2.35. The van der Waals surface area contributed by atoms with Crippen molar-refractivity contribution in [1.29, 1.82) is 0 Å². The smallest absolute Gasteiger partial charge is 0.322 e. The van der Waals surface area contributed by atoms with Crippen molar-refractivity contribution in [2.24, 2.45) is 5.92 Å². The summed E-state index contributed by atoms with van der Waals surface area (Å²) in [6.07, 6.45) is 0.563. The number of fused-ring (bicyclic) bond motifs is 1. The van der Waals surface area contributed by atoms with Crippen molar-refractivity contribution in [1.82, 2.24) is 9.71 Å². The first-order valence-electron chi connectivity index (χ1n) is 6.43. The number of aromatic nitrogens is 1. The SMILES string of the molecule is CC[C@H](C)[C@H](NS(=O)(=O)c1ccc2ncsc2c1)C(=O)O. The molecule has 2 aromatic rings. The Morgan fingerprint density at radius 1 is 1.48 bits per heavy atom. The quantitative estimate of drug-likeness (QED) is 0.846. The zero-order valence-corrected chi connectivity index (χ0v) is 13.2. The van der Waals surface area contributed by atoms with E-state index in [9.17, 15) is 18.3 Å². The van der Waals surface area contributed by atoms with Crippen molar-refractivity contribution < 1.29 is 18.3 Å². The third kappa shape index (κ3) is 3.39. The maximum absolute atomic E-state index is 12.3. The van der Waals surface area contributed by atoms with Crippen molar-refractivity contribution >= 4 is 37.5 Å². The first kappa shape index (κ1) is 15.9. The molecule has 0 aliphatic carbocycles. The van der Waals surface area contributed by atoms with Crippen molar-refractivity contribution in [3.05, 3.63) is 23.7 Å². The number of benzene rings is 1. The maximum atomic E-state index is 12.3. The van der Waals surface area contributed by atoms with E-state index in [2.05, 4.69) is 9.71 Å². The largest absolute Gasteiger partial charge is 0.480 e. The number of rotatable bonds is 6. The molecule has 21 heavy (non-hydrogen) atoms. The Morgan fingerprint density at radius 3 is 2.81 bits per heavy atom. The van der Waals surface area contributed by atoms with Gasteiger partial charge < -0.3 is 5.11 Å². The summed E-state index contributed by atoms with van der Waals surface area (Å²) in [6, 6.07) is 3.40. The monoisotopic (exact) mass is 328 g/mol. The van der Waals surface area contributed by atoms with Crippen LogP contribution in [0, 0.1) is 5.92 Å². The standard InChI is InChI=1S/C13H16N2O4S2/c1-3-8(2)12(13(16)17)15-21(18,19)9-4-5-10-11(6-9)20-7-14-10/h4-8,12,15H,3H2,1-2H3,(H,16,17)/t8-,12-/m0/s1. The second kappa shape index (κ2) is 6.08. The molecule has 1 aromatic heterocycles. The van der Waals surface area contributed by atoms with Gasteiger partial charge >= 0.3 is 5.97 Å². The average molecular weight is 328 g/mol. The second-order valence-electron chi connectivity index (χ2n) is 4.80. The number of thiazole rings is 1. The van der Waals surface area contributed by atoms with Crippen LogP contribution >= 0.6 is 11.3 Å². The molecular weight excluding hydrogens is 312 g/mol. The Morgan fingerprint density at radius 2 is 2.19 bits per heavy atom. The van der Waals surface area contributed by atoms with Gasteiger partial charge in [-0.15, -0.1) is 11.3 Å². The molecule has 0 aliphatic rings. The van der Waals surface area contributed by atoms with Crippen LogP contribution in [0.2, 0.25) is 0 Å². The fraction of sp³-hybridized carbons (Fsp3) is 0.385. The van der Waals surface area contributed by atoms with E-state index >= 15 is 0 Å². The summed E-state index contributed by atoms with van der Waals surface area (Å²) in [5, 5.41) is 9.19. The van der Waals surface area contributed by atoms with E-state index in [4.69, 9.17) is 0 Å². The number of nitrogens with one attached hydrogen (secondary N) is 1. The van der Waals surface area contributed by atoms with Crippen LogP contribution in [0.25, 0.3) is 10.2 Å². The van der Waals surface area contributed by atoms with Gasteiger partial charge in [0.05, 0.1) is 20.6 Å². The fourth-order valence-electron chi connectivity index (χ4n) is 1.88. The minimum Gasteiger partial charge on any atom is -0.480 e. The van der Waals surface area contributed by atoms with E-state index in [1.165, 1.54) is 23.5 Å². The van der Waals surface area contributed by atoms with Gasteiger partial charge in [-0.25, -0.2) is 13.4 Å². The third-order valence-electron chi connectivity index (χ3n) is 3.37. The number of carbonyl (C=O) groups is 1. The van der Waals surface area contributed by atoms with Gasteiger partial charge in [-0.05, 0) is 24.1 Å². The van der Waals surface area contributed by atoms with Crippen LogP contribution in [0.15, 0.2) is 28.6 Å². The molecule has 0 radical (unpaired) electrons. The predicted molar refractivity (Wildman–Crippen MR) is 80.8 cm³/mol. The normalized spacial score (nSPS) is 15.0. The van der Waals surface area contributed by atoms with E-state index in [1.54, 1.807) is 18.5 Å². The zero-order chi connectivity index (χ0) is 15.6. The molecule has 8 heteroatoms. The van der Waals surface area contributed by atoms with E-state index in [0.717, 1.165) is 10.2 Å². The molecule has 0 spiro atoms. The van der Waals surface area contributed by atoms with Gasteiger partial charge in [-0.2, -0.15) is 4.72 Å². The highest BCUT2D eigenvalue weighted by atomic mass is 32.2. The molecule has 114 valence electrons. The lowest BCUT2D eigenvalue weighted by Crippen LogP contribution is -2.44. The van der Waals surface area contributed by atoms with Crippen LogP contribution in [0.3, 0.4) is 0 Å². The highest BCUT2D eigenvalue weighted by Gasteiger charge is 2.29. The second-order valence-corrected chi connectivity index (χ2v) is 7.40. The number of nitrogens with zero attached hydrogens (tertiary/aromatic N) is 1. The minimum atomic E-state index is -3.88. The van der Waals surface area contributed by atoms with E-state index in [1.807, 2.05) is 6.92 Å². The first-order valence-corrected chi connectivity index (χ1v) is 8.80. The van der Waals surface area contributed by atoms with Crippen LogP contribution < -0.4 is 4.72 Å². The maximum Gasteiger partial charge on any atom is 0.322 e. The van der Waals surface area contributed by atoms with E-state index in [0.29, 0.717) is 6.42 Å². The van der Waals surface area contributed by atoms with Crippen LogP contribution in [-0.4, -0.2) is 30.5 Å². The Balaban J connectivity index is 2.34. The summed E-state index contributed by atoms with van der Waals surface area (Å²) < 4.78 is 27.7. The van der Waals surface area contributed by atoms with Crippen molar-refractivity contribution in [2.45, 2.75) is 31.2 Å². The Bertz CT molecular complexity index is 754. The summed E-state index contributed by atoms with van der Waals surface area (Å²) >= 11 is 1.33. The van der Waals surface area contributed by atoms with Crippen molar-refractivity contribution in [2.75, 3.05) is 0 Å². The highest BCUT2D eigenvalue weighted by molar-refractivity contribution is 7.89. The molecule has 0 fully saturated rings. The number of hydrogen-bond acceptors (Lipinski definition) is 5. The summed E-state index contributed by atoms with van der Waals surface area (Å²) in [7, 11) is -3.88. The summed E-state index contributed by atoms with van der Waals surface area (Å²) in [5.74, 6) is -1.48. The van der Waals surface area contributed by atoms with Gasteiger partial charge in [-0.3, -0.25) is 4.79 Å². The number of carboxylic acid groups (broad SMARTS) is 1. The number of hydrogen-bond donors (Lipinski definition) is 2. The topological polar surface area (TPSA) is 96.4 Å². The Labute approximate surface area is 126 Å². The van der Waals surface area contributed by atoms with E-state index in [-0.39, 0.29) is 10.8 Å². The van der Waals surface area contributed by atoms with Crippen molar-refractivity contribution in [3.63, 3.8) is 0 Å². The van der Waals surface area contributed by atoms with Crippen LogP contribution in [0.1, 0.15) is 20.3 Å². The molecule has 2 atom stereocenters. The molecule has 6 nitrogen and oxygen atoms in total. The summed E-state index contributed by atoms with van der Waals surface area (Å²) in [6.45, 7) is 3.52. The first-order chi connectivity index (χ1) is 9.85. The molecule has 2 rings (SSSR count). The third-order valence-corrected chi connectivity index (χ3v) is 5.60. The molecule has 1 heterocycles. The molecule has 0 saturated heterocycles. The average Bonchev–Trinajstić information content (AvgIpc) is 2.91. The fourth-order valence-corrected chi connectivity index (χ4v) is 4.00. The lowest BCUT2D eigenvalue weighted by Gasteiger charge is -2.20. The lowest BCUT2D eigenvalue weighted by molar-refractivity contribution is -0.140. The molecule has 2 N–H and O–H groups in total. The van der Waals surface area contributed by atoms with E-state index < -0.39 is 22.0 Å². The Kier molecular flexibility index (Phi) is 4.60. The molecule has 0 saturated carbocycles. The zero-order valence-electron chi connectivity index (χ0n) is 11.6. The van der Waals surface area contributed by atoms with Gasteiger partial charge in [0.15, 0.2) is 0 Å². The highest BCUT2D eigenvalue weighted by Crippen LogP contribution is 2.22. The molecule has 0 aliphatic heterocycles. The predicted octanol–water partition coefficient (Wildman–Crippen LogP) is 2.07. The molecular formula is C13H16N2O4S2. The lowest BCUT2D eigenvalue weighted by atomic mass is 10.0. The van der Waals surface area contributed by atoms with Gasteiger partial charge in [0.1, 0.15) is 6.04 Å². The van der Waals surface area contributed by atoms with Crippen LogP contribution in [0.5, 0.6) is 0 Å². The van der Waals surface area contributed by atoms with Gasteiger partial charge in [-0.1, -0.05) is 20.3 Å². The summed E-state index contributed by atoms with van der Waals surface area (Å²) in [4.78, 5) is 15.4. The Hall–Kier alpha value is -1.51. The molecule has 0 bridgehead atoms.